The maximum atomic E-state index is 12.4. The van der Waals surface area contributed by atoms with E-state index >= 15 is 0 Å². The van der Waals surface area contributed by atoms with Crippen molar-refractivity contribution >= 4 is 21.7 Å². The molecule has 6 nitrogen and oxygen atoms in total. The summed E-state index contributed by atoms with van der Waals surface area (Å²) in [5.74, 6) is -0.300. The largest absolute Gasteiger partial charge is 0.339 e. The molecule has 0 radical (unpaired) electrons. The number of rotatable bonds is 4. The molecule has 0 aliphatic carbocycles. The fourth-order valence-electron chi connectivity index (χ4n) is 2.88. The van der Waals surface area contributed by atoms with Gasteiger partial charge in [-0.2, -0.15) is 0 Å². The monoisotopic (exact) mass is 380 g/mol. The Morgan fingerprint density at radius 2 is 1.46 bits per heavy atom. The summed E-state index contributed by atoms with van der Waals surface area (Å²) in [6.07, 6.45) is -0.0383. The molecule has 1 aromatic rings. The lowest BCUT2D eigenvalue weighted by Crippen LogP contribution is -2.53. The summed E-state index contributed by atoms with van der Waals surface area (Å²) in [6, 6.07) is 6.65. The molecule has 1 heterocycles. The van der Waals surface area contributed by atoms with Crippen molar-refractivity contribution in [2.24, 2.45) is 5.41 Å². The van der Waals surface area contributed by atoms with E-state index in [4.69, 9.17) is 0 Å². The van der Waals surface area contributed by atoms with Crippen LogP contribution in [0.15, 0.2) is 29.2 Å². The fraction of sp³-hybridized carbons (Fsp3) is 0.579. The van der Waals surface area contributed by atoms with Gasteiger partial charge in [-0.15, -0.1) is 0 Å². The van der Waals surface area contributed by atoms with Gasteiger partial charge >= 0.3 is 0 Å². The summed E-state index contributed by atoms with van der Waals surface area (Å²) < 4.78 is 24.7. The number of benzene rings is 1. The van der Waals surface area contributed by atoms with Crippen LogP contribution in [-0.4, -0.2) is 62.0 Å². The standard InChI is InChI=1S/C19H28N2O4S/c1-15-5-7-16(8-6-15)26(24,25)14-9-17(22)20-10-12-21(13-11-20)18(23)19(2,3)4/h5-8H,9-14H2,1-4H3. The highest BCUT2D eigenvalue weighted by Crippen LogP contribution is 2.19. The van der Waals surface area contributed by atoms with E-state index in [2.05, 4.69) is 0 Å². The molecule has 2 rings (SSSR count). The molecular weight excluding hydrogens is 352 g/mol. The third-order valence-electron chi connectivity index (χ3n) is 4.53. The van der Waals surface area contributed by atoms with Crippen molar-refractivity contribution in [3.05, 3.63) is 29.8 Å². The quantitative estimate of drug-likeness (QED) is 0.799. The van der Waals surface area contributed by atoms with E-state index in [1.807, 2.05) is 27.7 Å². The van der Waals surface area contributed by atoms with Gasteiger partial charge in [0.2, 0.25) is 11.8 Å². The van der Waals surface area contributed by atoms with Gasteiger partial charge in [-0.25, -0.2) is 8.42 Å². The zero-order chi connectivity index (χ0) is 19.5. The lowest BCUT2D eigenvalue weighted by Gasteiger charge is -2.37. The third-order valence-corrected chi connectivity index (χ3v) is 6.26. The van der Waals surface area contributed by atoms with E-state index in [1.165, 1.54) is 0 Å². The number of piperazine rings is 1. The van der Waals surface area contributed by atoms with Crippen LogP contribution in [0.2, 0.25) is 0 Å². The van der Waals surface area contributed by atoms with Crippen LogP contribution in [0.25, 0.3) is 0 Å². The lowest BCUT2D eigenvalue weighted by atomic mass is 9.94. The molecule has 0 saturated carbocycles. The SMILES string of the molecule is Cc1ccc(S(=O)(=O)CCC(=O)N2CCN(C(=O)C(C)(C)C)CC2)cc1. The van der Waals surface area contributed by atoms with Gasteiger partial charge in [0.25, 0.3) is 0 Å². The van der Waals surface area contributed by atoms with Crippen LogP contribution in [0.5, 0.6) is 0 Å². The molecule has 0 bridgehead atoms. The predicted octanol–water partition coefficient (Wildman–Crippen LogP) is 1.88. The van der Waals surface area contributed by atoms with Crippen LogP contribution in [0.1, 0.15) is 32.8 Å². The van der Waals surface area contributed by atoms with Crippen LogP contribution >= 0.6 is 0 Å². The van der Waals surface area contributed by atoms with Gasteiger partial charge in [-0.1, -0.05) is 38.5 Å². The van der Waals surface area contributed by atoms with Crippen LogP contribution < -0.4 is 0 Å². The number of aryl methyl sites for hydroxylation is 1. The molecule has 1 aliphatic heterocycles. The predicted molar refractivity (Wildman–Crippen MR) is 100 cm³/mol. The zero-order valence-electron chi connectivity index (χ0n) is 16.0. The molecule has 1 aromatic carbocycles. The van der Waals surface area contributed by atoms with E-state index in [-0.39, 0.29) is 28.9 Å². The Labute approximate surface area is 156 Å². The molecule has 0 spiro atoms. The first-order chi connectivity index (χ1) is 12.0. The Morgan fingerprint density at radius 3 is 1.96 bits per heavy atom. The van der Waals surface area contributed by atoms with Crippen molar-refractivity contribution in [2.75, 3.05) is 31.9 Å². The van der Waals surface area contributed by atoms with Crippen LogP contribution in [0, 0.1) is 12.3 Å². The van der Waals surface area contributed by atoms with Gasteiger partial charge in [0.05, 0.1) is 10.6 Å². The Morgan fingerprint density at radius 1 is 0.962 bits per heavy atom. The van der Waals surface area contributed by atoms with E-state index in [9.17, 15) is 18.0 Å². The summed E-state index contributed by atoms with van der Waals surface area (Å²) in [6.45, 7) is 9.41. The average molecular weight is 381 g/mol. The number of hydrogen-bond acceptors (Lipinski definition) is 4. The Bertz CT molecular complexity index is 756. The van der Waals surface area contributed by atoms with Crippen molar-refractivity contribution in [1.29, 1.82) is 0 Å². The van der Waals surface area contributed by atoms with Gasteiger partial charge in [-0.3, -0.25) is 9.59 Å². The van der Waals surface area contributed by atoms with Crippen LogP contribution in [0.3, 0.4) is 0 Å². The highest BCUT2D eigenvalue weighted by Gasteiger charge is 2.31. The molecule has 0 unspecified atom stereocenters. The number of carbonyl (C=O) groups excluding carboxylic acids is 2. The molecule has 0 atom stereocenters. The lowest BCUT2D eigenvalue weighted by molar-refractivity contribution is -0.144. The Kier molecular flexibility index (Phi) is 6.11. The summed E-state index contributed by atoms with van der Waals surface area (Å²) in [4.78, 5) is 28.3. The molecule has 7 heteroatoms. The van der Waals surface area contributed by atoms with Crippen molar-refractivity contribution in [2.45, 2.75) is 39.0 Å². The molecule has 0 N–H and O–H groups in total. The maximum Gasteiger partial charge on any atom is 0.228 e. The number of hydrogen-bond donors (Lipinski definition) is 0. The Hall–Kier alpha value is -1.89. The molecule has 0 aromatic heterocycles. The van der Waals surface area contributed by atoms with E-state index in [0.29, 0.717) is 26.2 Å². The van der Waals surface area contributed by atoms with Crippen molar-refractivity contribution < 1.29 is 18.0 Å². The second-order valence-electron chi connectivity index (χ2n) is 7.80. The first kappa shape index (κ1) is 20.4. The van der Waals surface area contributed by atoms with Crippen LogP contribution in [0.4, 0.5) is 0 Å². The van der Waals surface area contributed by atoms with Crippen LogP contribution in [-0.2, 0) is 19.4 Å². The zero-order valence-corrected chi connectivity index (χ0v) is 16.8. The topological polar surface area (TPSA) is 74.8 Å². The maximum absolute atomic E-state index is 12.4. The van der Waals surface area contributed by atoms with E-state index in [0.717, 1.165) is 5.56 Å². The second-order valence-corrected chi connectivity index (χ2v) is 9.91. The van der Waals surface area contributed by atoms with Gasteiger partial charge in [0.1, 0.15) is 0 Å². The molecule has 1 fully saturated rings. The number of sulfone groups is 1. The summed E-state index contributed by atoms with van der Waals surface area (Å²) >= 11 is 0. The minimum absolute atomic E-state index is 0.0383. The number of carbonyl (C=O) groups is 2. The fourth-order valence-corrected chi connectivity index (χ4v) is 4.11. The summed E-state index contributed by atoms with van der Waals surface area (Å²) in [5, 5.41) is 0. The van der Waals surface area contributed by atoms with Gasteiger partial charge in [0, 0.05) is 38.0 Å². The normalized spacial score (nSPS) is 15.8. The Balaban J connectivity index is 1.88. The molecule has 1 aliphatic rings. The smallest absolute Gasteiger partial charge is 0.228 e. The number of nitrogens with zero attached hydrogens (tertiary/aromatic N) is 2. The van der Waals surface area contributed by atoms with Gasteiger partial charge in [-0.05, 0) is 19.1 Å². The molecule has 144 valence electrons. The highest BCUT2D eigenvalue weighted by atomic mass is 32.2. The molecule has 1 saturated heterocycles. The average Bonchev–Trinajstić information content (AvgIpc) is 2.59. The number of amides is 2. The van der Waals surface area contributed by atoms with Crippen molar-refractivity contribution in [1.82, 2.24) is 9.80 Å². The molecule has 2 amide bonds. The first-order valence-electron chi connectivity index (χ1n) is 8.87. The van der Waals surface area contributed by atoms with E-state index < -0.39 is 15.3 Å². The van der Waals surface area contributed by atoms with Crippen molar-refractivity contribution in [3.8, 4) is 0 Å². The summed E-state index contributed by atoms with van der Waals surface area (Å²) in [7, 11) is -3.47. The second kappa shape index (κ2) is 7.78. The van der Waals surface area contributed by atoms with Gasteiger partial charge < -0.3 is 9.80 Å². The molecular formula is C19H28N2O4S. The van der Waals surface area contributed by atoms with Crippen molar-refractivity contribution in [3.63, 3.8) is 0 Å². The summed E-state index contributed by atoms with van der Waals surface area (Å²) in [5.41, 5.74) is 0.552. The van der Waals surface area contributed by atoms with E-state index in [1.54, 1.807) is 34.1 Å². The molecule has 26 heavy (non-hydrogen) atoms. The van der Waals surface area contributed by atoms with Gasteiger partial charge in [0.15, 0.2) is 9.84 Å². The first-order valence-corrected chi connectivity index (χ1v) is 10.5. The highest BCUT2D eigenvalue weighted by molar-refractivity contribution is 7.91. The minimum atomic E-state index is -3.47. The minimum Gasteiger partial charge on any atom is -0.339 e. The third kappa shape index (κ3) is 5.06.